The maximum atomic E-state index is 12.1. The highest BCUT2D eigenvalue weighted by Crippen LogP contribution is 2.41. The Hall–Kier alpha value is -4.69. The third-order valence-corrected chi connectivity index (χ3v) is 7.07. The Bertz CT molecular complexity index is 1850. The number of benzene rings is 6. The molecule has 6 aromatic carbocycles. The number of hydrogen-bond donors (Lipinski definition) is 0. The average molecular weight is 448 g/mol. The highest BCUT2D eigenvalue weighted by molar-refractivity contribution is 6.21. The molecule has 7 rings (SSSR count). The predicted molar refractivity (Wildman–Crippen MR) is 147 cm³/mol. The van der Waals surface area contributed by atoms with Crippen LogP contribution in [0.25, 0.3) is 60.2 Å². The van der Waals surface area contributed by atoms with Crippen molar-refractivity contribution in [3.8, 4) is 16.8 Å². The number of hydrogen-bond acceptors (Lipinski definition) is 1. The molecule has 0 aliphatic rings. The number of carbonyl (C=O) groups excluding carboxylic acids is 1. The van der Waals surface area contributed by atoms with Crippen LogP contribution in [0.5, 0.6) is 0 Å². The van der Waals surface area contributed by atoms with Gasteiger partial charge in [0.1, 0.15) is 0 Å². The highest BCUT2D eigenvalue weighted by atomic mass is 16.1. The molecule has 0 unspecified atom stereocenters. The number of para-hydroxylation sites is 2. The smallest absolute Gasteiger partial charge is 0.151 e. The van der Waals surface area contributed by atoms with Crippen molar-refractivity contribution in [2.75, 3.05) is 0 Å². The van der Waals surface area contributed by atoms with E-state index >= 15 is 0 Å². The van der Waals surface area contributed by atoms with Gasteiger partial charge in [-0.15, -0.1) is 0 Å². The van der Waals surface area contributed by atoms with Crippen molar-refractivity contribution in [3.05, 3.63) is 127 Å². The summed E-state index contributed by atoms with van der Waals surface area (Å²) in [6.45, 7) is 0. The van der Waals surface area contributed by atoms with E-state index in [1.54, 1.807) is 0 Å². The molecule has 0 spiro atoms. The summed E-state index contributed by atoms with van der Waals surface area (Å²) in [5.74, 6) is 0. The molecule has 1 aromatic heterocycles. The quantitative estimate of drug-likeness (QED) is 0.196. The second-order valence-corrected chi connectivity index (χ2v) is 8.92. The van der Waals surface area contributed by atoms with Crippen molar-refractivity contribution < 1.29 is 4.79 Å². The fraction of sp³-hybridized carbons (Fsp3) is 0. The van der Waals surface area contributed by atoms with Gasteiger partial charge in [0.2, 0.25) is 0 Å². The Morgan fingerprint density at radius 2 is 1.03 bits per heavy atom. The minimum Gasteiger partial charge on any atom is -0.309 e. The molecule has 1 heterocycles. The Morgan fingerprint density at radius 3 is 1.69 bits per heavy atom. The van der Waals surface area contributed by atoms with E-state index in [9.17, 15) is 4.79 Å². The largest absolute Gasteiger partial charge is 0.309 e. The molecule has 0 saturated carbocycles. The van der Waals surface area contributed by atoms with Gasteiger partial charge in [-0.05, 0) is 63.0 Å². The van der Waals surface area contributed by atoms with Crippen molar-refractivity contribution in [2.24, 2.45) is 0 Å². The molecule has 164 valence electrons. The summed E-state index contributed by atoms with van der Waals surface area (Å²) in [7, 11) is 0. The molecule has 0 aliphatic carbocycles. The topological polar surface area (TPSA) is 22.0 Å². The lowest BCUT2D eigenvalue weighted by Gasteiger charge is -2.15. The van der Waals surface area contributed by atoms with Crippen molar-refractivity contribution in [3.63, 3.8) is 0 Å². The Morgan fingerprint density at radius 1 is 0.486 bits per heavy atom. The summed E-state index contributed by atoms with van der Waals surface area (Å²) >= 11 is 0. The Balaban J connectivity index is 1.61. The van der Waals surface area contributed by atoms with Gasteiger partial charge in [0.25, 0.3) is 0 Å². The van der Waals surface area contributed by atoms with Gasteiger partial charge in [0, 0.05) is 22.0 Å². The van der Waals surface area contributed by atoms with E-state index in [0.717, 1.165) is 44.6 Å². The third kappa shape index (κ3) is 2.87. The van der Waals surface area contributed by atoms with Crippen molar-refractivity contribution in [1.29, 1.82) is 0 Å². The van der Waals surface area contributed by atoms with Crippen LogP contribution in [-0.2, 0) is 0 Å². The summed E-state index contributed by atoms with van der Waals surface area (Å²) in [4.78, 5) is 12.1. The molecule has 0 saturated heterocycles. The van der Waals surface area contributed by atoms with Gasteiger partial charge in [-0.1, -0.05) is 91.0 Å². The van der Waals surface area contributed by atoms with Gasteiger partial charge in [-0.25, -0.2) is 0 Å². The molecule has 0 aliphatic heterocycles. The average Bonchev–Trinajstić information content (AvgIpc) is 3.26. The molecule has 35 heavy (non-hydrogen) atoms. The third-order valence-electron chi connectivity index (χ3n) is 7.07. The summed E-state index contributed by atoms with van der Waals surface area (Å²) in [5, 5.41) is 6.62. The maximum Gasteiger partial charge on any atom is 0.151 e. The van der Waals surface area contributed by atoms with E-state index in [1.807, 2.05) is 12.1 Å². The Kier molecular flexibility index (Phi) is 4.33. The van der Waals surface area contributed by atoms with Crippen molar-refractivity contribution in [1.82, 2.24) is 4.57 Å². The standard InChI is InChI=1S/C33H21NO/c35-21-30-24-12-4-6-15-27(24)33(28-16-7-5-13-25(28)30)22-18-19-32-29(20-22)26-14-8-9-17-31(26)34(32)23-10-2-1-3-11-23/h1-21H. The zero-order valence-electron chi connectivity index (χ0n) is 19.0. The van der Waals surface area contributed by atoms with E-state index in [4.69, 9.17) is 0 Å². The van der Waals surface area contributed by atoms with Crippen LogP contribution in [0.15, 0.2) is 121 Å². The molecule has 0 amide bonds. The number of carbonyl (C=O) groups is 1. The second kappa shape index (κ2) is 7.68. The van der Waals surface area contributed by atoms with Crippen LogP contribution in [0.1, 0.15) is 10.4 Å². The summed E-state index contributed by atoms with van der Waals surface area (Å²) in [6.07, 6.45) is 0.991. The van der Waals surface area contributed by atoms with Gasteiger partial charge in [-0.2, -0.15) is 0 Å². The first-order valence-corrected chi connectivity index (χ1v) is 11.8. The number of rotatable bonds is 3. The van der Waals surface area contributed by atoms with Crippen LogP contribution >= 0.6 is 0 Å². The molecule has 2 nitrogen and oxygen atoms in total. The number of fused-ring (bicyclic) bond motifs is 5. The lowest BCUT2D eigenvalue weighted by molar-refractivity contribution is 0.112. The normalized spacial score (nSPS) is 11.5. The van der Waals surface area contributed by atoms with Gasteiger partial charge in [-0.3, -0.25) is 4.79 Å². The molecule has 0 atom stereocenters. The first kappa shape index (κ1) is 19.7. The van der Waals surface area contributed by atoms with Gasteiger partial charge in [0.05, 0.1) is 11.0 Å². The first-order valence-electron chi connectivity index (χ1n) is 11.8. The number of aldehydes is 1. The van der Waals surface area contributed by atoms with E-state index in [0.29, 0.717) is 0 Å². The van der Waals surface area contributed by atoms with E-state index in [1.165, 1.54) is 27.4 Å². The van der Waals surface area contributed by atoms with Crippen molar-refractivity contribution in [2.45, 2.75) is 0 Å². The van der Waals surface area contributed by atoms with Gasteiger partial charge >= 0.3 is 0 Å². The molecular weight excluding hydrogens is 426 g/mol. The van der Waals surface area contributed by atoms with Crippen LogP contribution < -0.4 is 0 Å². The molecule has 0 radical (unpaired) electrons. The van der Waals surface area contributed by atoms with E-state index < -0.39 is 0 Å². The fourth-order valence-corrected chi connectivity index (χ4v) is 5.58. The monoisotopic (exact) mass is 447 g/mol. The number of nitrogens with zero attached hydrogens (tertiary/aromatic N) is 1. The van der Waals surface area contributed by atoms with E-state index in [2.05, 4.69) is 114 Å². The Labute approximate surface area is 202 Å². The van der Waals surface area contributed by atoms with Crippen LogP contribution in [0, 0.1) is 0 Å². The van der Waals surface area contributed by atoms with E-state index in [-0.39, 0.29) is 0 Å². The zero-order valence-corrected chi connectivity index (χ0v) is 19.0. The molecule has 0 N–H and O–H groups in total. The second-order valence-electron chi connectivity index (χ2n) is 8.92. The summed E-state index contributed by atoms with van der Waals surface area (Å²) in [6, 6.07) is 42.3. The van der Waals surface area contributed by atoms with Crippen LogP contribution in [0.2, 0.25) is 0 Å². The number of aromatic nitrogens is 1. The lowest BCUT2D eigenvalue weighted by Crippen LogP contribution is -1.94. The van der Waals surface area contributed by atoms with Gasteiger partial charge < -0.3 is 4.57 Å². The molecule has 0 fully saturated rings. The lowest BCUT2D eigenvalue weighted by atomic mass is 9.88. The van der Waals surface area contributed by atoms with Crippen LogP contribution in [0.4, 0.5) is 0 Å². The SMILES string of the molecule is O=Cc1c2ccccc2c(-c2ccc3c(c2)c2ccccc2n3-c2ccccc2)c2ccccc12. The molecular formula is C33H21NO. The first-order chi connectivity index (χ1) is 17.3. The predicted octanol–water partition coefficient (Wildman–Crippen LogP) is 8.57. The highest BCUT2D eigenvalue weighted by Gasteiger charge is 2.17. The maximum absolute atomic E-state index is 12.1. The summed E-state index contributed by atoms with van der Waals surface area (Å²) < 4.78 is 2.33. The van der Waals surface area contributed by atoms with Crippen LogP contribution in [0.3, 0.4) is 0 Å². The summed E-state index contributed by atoms with van der Waals surface area (Å²) in [5.41, 5.74) is 6.59. The van der Waals surface area contributed by atoms with Gasteiger partial charge in [0.15, 0.2) is 6.29 Å². The van der Waals surface area contributed by atoms with Crippen molar-refractivity contribution >= 4 is 49.6 Å². The zero-order chi connectivity index (χ0) is 23.4. The molecule has 0 bridgehead atoms. The molecule has 2 heteroatoms. The fourth-order valence-electron chi connectivity index (χ4n) is 5.58. The molecule has 7 aromatic rings. The van der Waals surface area contributed by atoms with Crippen LogP contribution in [-0.4, -0.2) is 10.9 Å². The minimum atomic E-state index is 0.752. The minimum absolute atomic E-state index is 0.752.